The highest BCUT2D eigenvalue weighted by Crippen LogP contribution is 2.12. The summed E-state index contributed by atoms with van der Waals surface area (Å²) in [7, 11) is 0. The van der Waals surface area contributed by atoms with Crippen LogP contribution in [0.15, 0.2) is 0 Å². The van der Waals surface area contributed by atoms with Gasteiger partial charge in [-0.3, -0.25) is 14.7 Å². The van der Waals surface area contributed by atoms with Gasteiger partial charge in [-0.1, -0.05) is 34.6 Å². The van der Waals surface area contributed by atoms with E-state index in [2.05, 4.69) is 0 Å². The summed E-state index contributed by atoms with van der Waals surface area (Å²) in [6.07, 6.45) is -1.04. The molecule has 0 radical (unpaired) electrons. The van der Waals surface area contributed by atoms with Crippen LogP contribution in [0.3, 0.4) is 0 Å². The fourth-order valence-corrected chi connectivity index (χ4v) is 3.09. The van der Waals surface area contributed by atoms with Gasteiger partial charge in [-0.25, -0.2) is 0 Å². The molecule has 0 aromatic heterocycles. The summed E-state index contributed by atoms with van der Waals surface area (Å²) in [4.78, 5) is 5.12. The second-order valence-electron chi connectivity index (χ2n) is 6.96. The molecule has 0 rings (SSSR count). The van der Waals surface area contributed by atoms with Crippen molar-refractivity contribution in [3.05, 3.63) is 0 Å². The average molecular weight is 394 g/mol. The molecule has 5 N–H and O–H groups in total. The molecule has 27 heavy (non-hydrogen) atoms. The Balaban J connectivity index is 5.01. The van der Waals surface area contributed by atoms with E-state index in [1.54, 1.807) is 9.80 Å². The Morgan fingerprint density at radius 2 is 0.704 bits per heavy atom. The van der Waals surface area contributed by atoms with E-state index in [-0.39, 0.29) is 0 Å². The average Bonchev–Trinajstić information content (AvgIpc) is 2.70. The van der Waals surface area contributed by atoms with Crippen molar-refractivity contribution in [3.63, 3.8) is 0 Å². The maximum atomic E-state index is 10.4. The second-order valence-corrected chi connectivity index (χ2v) is 6.96. The van der Waals surface area contributed by atoms with E-state index < -0.39 is 31.1 Å². The third kappa shape index (κ3) is 9.15. The molecule has 0 aliphatic rings. The largest absolute Gasteiger partial charge is 0.378 e. The van der Waals surface area contributed by atoms with Crippen LogP contribution in [0.5, 0.6) is 0 Å². The molecule has 0 heterocycles. The summed E-state index contributed by atoms with van der Waals surface area (Å²) in [5.41, 5.74) is 0. The molecule has 5 unspecified atom stereocenters. The van der Waals surface area contributed by atoms with E-state index in [4.69, 9.17) is 0 Å². The molecule has 5 atom stereocenters. The number of hydrogen-bond donors (Lipinski definition) is 5. The van der Waals surface area contributed by atoms with Gasteiger partial charge in [0.15, 0.2) is 0 Å². The van der Waals surface area contributed by atoms with Crippen LogP contribution in [0.25, 0.3) is 0 Å². The van der Waals surface area contributed by atoms with Crippen molar-refractivity contribution in [2.75, 3.05) is 26.2 Å². The van der Waals surface area contributed by atoms with E-state index in [1.165, 1.54) is 0 Å². The molecule has 8 nitrogen and oxygen atoms in total. The van der Waals surface area contributed by atoms with Crippen LogP contribution in [0.2, 0.25) is 0 Å². The molecule has 0 amide bonds. The Morgan fingerprint density at radius 1 is 0.444 bits per heavy atom. The van der Waals surface area contributed by atoms with Gasteiger partial charge in [0.25, 0.3) is 0 Å². The van der Waals surface area contributed by atoms with Crippen molar-refractivity contribution in [2.24, 2.45) is 0 Å². The van der Waals surface area contributed by atoms with Gasteiger partial charge in [-0.2, -0.15) is 0 Å². The van der Waals surface area contributed by atoms with E-state index in [0.29, 0.717) is 58.3 Å². The monoisotopic (exact) mass is 393 g/mol. The second kappa shape index (κ2) is 14.6. The molecule has 8 heteroatoms. The predicted octanol–water partition coefficient (Wildman–Crippen LogP) is 0.534. The Labute approximate surface area is 165 Å². The first-order chi connectivity index (χ1) is 12.8. The highest BCUT2D eigenvalue weighted by molar-refractivity contribution is 4.72. The number of rotatable bonds is 16. The number of hydrogen-bond acceptors (Lipinski definition) is 8. The molecular formula is C19H43N3O5. The summed E-state index contributed by atoms with van der Waals surface area (Å²) in [5.74, 6) is 0. The Hall–Kier alpha value is -0.320. The lowest BCUT2D eigenvalue weighted by Gasteiger charge is -2.37. The maximum absolute atomic E-state index is 10.4. The van der Waals surface area contributed by atoms with Gasteiger partial charge in [-0.15, -0.1) is 0 Å². The first-order valence-corrected chi connectivity index (χ1v) is 10.4. The van der Waals surface area contributed by atoms with Crippen LogP contribution in [0, 0.1) is 0 Å². The molecule has 0 bridgehead atoms. The molecule has 0 saturated carbocycles. The van der Waals surface area contributed by atoms with E-state index in [1.807, 2.05) is 39.5 Å². The fourth-order valence-electron chi connectivity index (χ4n) is 3.09. The van der Waals surface area contributed by atoms with Crippen LogP contribution < -0.4 is 0 Å². The van der Waals surface area contributed by atoms with Gasteiger partial charge in [0.1, 0.15) is 31.1 Å². The summed E-state index contributed by atoms with van der Waals surface area (Å²) in [6, 6.07) is 0. The van der Waals surface area contributed by atoms with E-state index >= 15 is 0 Å². The van der Waals surface area contributed by atoms with Gasteiger partial charge in [0, 0.05) is 26.2 Å². The standard InChI is InChI=1S/C19H43N3O5/c1-6-15(23)20(11-13-21(16(24)7-2)17(25)8-3)12-14-22(18(26)9-4)19(27)10-5/h15-19,23-27H,6-14H2,1-5H3. The first kappa shape index (κ1) is 26.7. The first-order valence-electron chi connectivity index (χ1n) is 10.4. The topological polar surface area (TPSA) is 111 Å². The lowest BCUT2D eigenvalue weighted by atomic mass is 10.2. The third-order valence-corrected chi connectivity index (χ3v) is 5.07. The predicted molar refractivity (Wildman–Crippen MR) is 106 cm³/mol. The van der Waals surface area contributed by atoms with Crippen molar-refractivity contribution < 1.29 is 25.5 Å². The van der Waals surface area contributed by atoms with Gasteiger partial charge >= 0.3 is 0 Å². The van der Waals surface area contributed by atoms with Crippen LogP contribution in [0.4, 0.5) is 0 Å². The van der Waals surface area contributed by atoms with Crippen LogP contribution >= 0.6 is 0 Å². The van der Waals surface area contributed by atoms with Crippen LogP contribution in [-0.2, 0) is 0 Å². The smallest absolute Gasteiger partial charge is 0.109 e. The van der Waals surface area contributed by atoms with Crippen molar-refractivity contribution in [3.8, 4) is 0 Å². The Morgan fingerprint density at radius 3 is 0.926 bits per heavy atom. The molecular weight excluding hydrogens is 350 g/mol. The van der Waals surface area contributed by atoms with Gasteiger partial charge in [0.2, 0.25) is 0 Å². The Bertz CT molecular complexity index is 316. The maximum Gasteiger partial charge on any atom is 0.109 e. The zero-order valence-electron chi connectivity index (χ0n) is 17.8. The van der Waals surface area contributed by atoms with Crippen LogP contribution in [-0.4, -0.2) is 97.6 Å². The van der Waals surface area contributed by atoms with Crippen molar-refractivity contribution in [1.82, 2.24) is 14.7 Å². The highest BCUT2D eigenvalue weighted by Gasteiger charge is 2.25. The molecule has 0 aromatic rings. The Kier molecular flexibility index (Phi) is 14.5. The van der Waals surface area contributed by atoms with Gasteiger partial charge < -0.3 is 25.5 Å². The number of nitrogens with zero attached hydrogens (tertiary/aromatic N) is 3. The minimum absolute atomic E-state index is 0.410. The summed E-state index contributed by atoms with van der Waals surface area (Å²) in [5, 5.41) is 51.0. The van der Waals surface area contributed by atoms with Gasteiger partial charge in [-0.05, 0) is 32.1 Å². The zero-order valence-corrected chi connectivity index (χ0v) is 17.8. The van der Waals surface area contributed by atoms with Crippen LogP contribution in [0.1, 0.15) is 66.7 Å². The molecule has 0 aromatic carbocycles. The van der Waals surface area contributed by atoms with Gasteiger partial charge in [0.05, 0.1) is 0 Å². The minimum atomic E-state index is -0.735. The van der Waals surface area contributed by atoms with E-state index in [0.717, 1.165) is 0 Å². The SMILES string of the molecule is CCC(O)N(CCN(C(O)CC)C(O)CC)CCN(C(O)CC)C(O)CC. The summed E-state index contributed by atoms with van der Waals surface area (Å²) >= 11 is 0. The zero-order chi connectivity index (χ0) is 21.0. The summed E-state index contributed by atoms with van der Waals surface area (Å²) < 4.78 is 0. The molecule has 164 valence electrons. The summed E-state index contributed by atoms with van der Waals surface area (Å²) in [6.45, 7) is 11.1. The van der Waals surface area contributed by atoms with E-state index in [9.17, 15) is 25.5 Å². The molecule has 0 spiro atoms. The quantitative estimate of drug-likeness (QED) is 0.242. The third-order valence-electron chi connectivity index (χ3n) is 5.07. The van der Waals surface area contributed by atoms with Crippen molar-refractivity contribution in [1.29, 1.82) is 0 Å². The fraction of sp³-hybridized carbons (Fsp3) is 1.00. The molecule has 0 saturated heterocycles. The highest BCUT2D eigenvalue weighted by atomic mass is 16.3. The molecule has 0 fully saturated rings. The number of aliphatic hydroxyl groups excluding tert-OH is 5. The normalized spacial score (nSPS) is 18.1. The number of aliphatic hydroxyl groups is 5. The van der Waals surface area contributed by atoms with Crippen molar-refractivity contribution >= 4 is 0 Å². The lowest BCUT2D eigenvalue weighted by Crippen LogP contribution is -2.51. The molecule has 0 aliphatic heterocycles. The van der Waals surface area contributed by atoms with Crippen molar-refractivity contribution in [2.45, 2.75) is 97.9 Å². The minimum Gasteiger partial charge on any atom is -0.378 e. The molecule has 0 aliphatic carbocycles. The lowest BCUT2D eigenvalue weighted by molar-refractivity contribution is -0.122.